The molecular weight excluding hydrogens is 306 g/mol. The van der Waals surface area contributed by atoms with Crippen LogP contribution in [0.1, 0.15) is 24.1 Å². The molecule has 0 amide bonds. The molecule has 3 rings (SSSR count). The van der Waals surface area contributed by atoms with Crippen LogP contribution in [0.2, 0.25) is 0 Å². The number of thiazole rings is 1. The lowest BCUT2D eigenvalue weighted by Crippen LogP contribution is -2.04. The number of nitrogens with zero attached hydrogens (tertiary/aromatic N) is 3. The van der Waals surface area contributed by atoms with Gasteiger partial charge in [-0.15, -0.1) is 11.3 Å². The lowest BCUT2D eigenvalue weighted by atomic mass is 10.0. The summed E-state index contributed by atoms with van der Waals surface area (Å²) in [5.74, 6) is 0.384. The zero-order valence-corrected chi connectivity index (χ0v) is 14.2. The van der Waals surface area contributed by atoms with Crippen LogP contribution in [-0.4, -0.2) is 28.4 Å². The monoisotopic (exact) mass is 327 g/mol. The van der Waals surface area contributed by atoms with Crippen molar-refractivity contribution in [1.82, 2.24) is 14.8 Å². The van der Waals surface area contributed by atoms with E-state index in [1.165, 1.54) is 4.88 Å². The first-order chi connectivity index (χ1) is 11.2. The van der Waals surface area contributed by atoms with E-state index in [2.05, 4.69) is 17.3 Å². The van der Waals surface area contributed by atoms with Crippen molar-refractivity contribution in [1.29, 1.82) is 0 Å². The molecular formula is C17H21N5S. The first kappa shape index (κ1) is 15.7. The van der Waals surface area contributed by atoms with E-state index in [4.69, 9.17) is 10.7 Å². The predicted octanol–water partition coefficient (Wildman–Crippen LogP) is 3.49. The van der Waals surface area contributed by atoms with Crippen LogP contribution in [0.25, 0.3) is 16.9 Å². The van der Waals surface area contributed by atoms with Gasteiger partial charge in [-0.2, -0.15) is 5.10 Å². The molecule has 120 valence electrons. The van der Waals surface area contributed by atoms with E-state index in [9.17, 15) is 0 Å². The molecule has 0 saturated heterocycles. The first-order valence-electron chi connectivity index (χ1n) is 7.72. The Kier molecular flexibility index (Phi) is 4.73. The predicted molar refractivity (Wildman–Crippen MR) is 96.3 cm³/mol. The van der Waals surface area contributed by atoms with E-state index in [0.717, 1.165) is 28.5 Å². The topological polar surface area (TPSA) is 68.8 Å². The number of aromatic nitrogens is 3. The number of para-hydroxylation sites is 1. The van der Waals surface area contributed by atoms with Gasteiger partial charge in [0.05, 0.1) is 17.6 Å². The second-order valence-electron chi connectivity index (χ2n) is 5.47. The Morgan fingerprint density at radius 1 is 1.30 bits per heavy atom. The summed E-state index contributed by atoms with van der Waals surface area (Å²) in [6.45, 7) is 2.88. The number of hydrogen-bond donors (Lipinski definition) is 2. The minimum Gasteiger partial charge on any atom is -0.365 e. The number of rotatable bonds is 6. The van der Waals surface area contributed by atoms with Crippen LogP contribution in [0.5, 0.6) is 0 Å². The first-order valence-corrected chi connectivity index (χ1v) is 8.53. The molecule has 0 radical (unpaired) electrons. The van der Waals surface area contributed by atoms with Crippen molar-refractivity contribution in [3.05, 3.63) is 47.6 Å². The summed E-state index contributed by atoms with van der Waals surface area (Å²) < 4.78 is 1.88. The second-order valence-corrected chi connectivity index (χ2v) is 6.50. The molecule has 5 nitrogen and oxygen atoms in total. The van der Waals surface area contributed by atoms with Crippen LogP contribution in [-0.2, 0) is 0 Å². The fraction of sp³-hybridized carbons (Fsp3) is 0.294. The Bertz CT molecular complexity index is 762. The molecule has 1 unspecified atom stereocenters. The van der Waals surface area contributed by atoms with E-state index in [1.54, 1.807) is 11.3 Å². The standard InChI is InChI=1S/C17H21N5S/c1-12(8-9-18)16-15(21-17(19-2)23-16)13-10-20-22(11-13)14-6-4-3-5-7-14/h3-7,10-12H,8-9,18H2,1-2H3,(H,19,21). The molecule has 6 heteroatoms. The van der Waals surface area contributed by atoms with Gasteiger partial charge >= 0.3 is 0 Å². The molecule has 23 heavy (non-hydrogen) atoms. The molecule has 0 spiro atoms. The molecule has 3 aromatic rings. The van der Waals surface area contributed by atoms with Gasteiger partial charge < -0.3 is 11.1 Å². The van der Waals surface area contributed by atoms with Crippen molar-refractivity contribution in [2.24, 2.45) is 5.73 Å². The molecule has 0 aliphatic heterocycles. The van der Waals surface area contributed by atoms with Gasteiger partial charge in [-0.05, 0) is 31.0 Å². The van der Waals surface area contributed by atoms with Crippen molar-refractivity contribution >= 4 is 16.5 Å². The van der Waals surface area contributed by atoms with E-state index in [-0.39, 0.29) is 0 Å². The Morgan fingerprint density at radius 3 is 2.78 bits per heavy atom. The fourth-order valence-electron chi connectivity index (χ4n) is 2.53. The summed E-state index contributed by atoms with van der Waals surface area (Å²) >= 11 is 1.69. The van der Waals surface area contributed by atoms with Crippen LogP contribution in [0, 0.1) is 0 Å². The molecule has 1 aromatic carbocycles. The molecule has 0 fully saturated rings. The number of hydrogen-bond acceptors (Lipinski definition) is 5. The largest absolute Gasteiger partial charge is 0.365 e. The molecule has 2 heterocycles. The zero-order valence-electron chi connectivity index (χ0n) is 13.4. The molecule has 0 bridgehead atoms. The number of benzene rings is 1. The highest BCUT2D eigenvalue weighted by Gasteiger charge is 2.19. The van der Waals surface area contributed by atoms with Gasteiger partial charge in [-0.3, -0.25) is 0 Å². The summed E-state index contributed by atoms with van der Waals surface area (Å²) in [4.78, 5) is 5.98. The number of nitrogens with one attached hydrogen (secondary N) is 1. The van der Waals surface area contributed by atoms with Crippen molar-refractivity contribution in [3.63, 3.8) is 0 Å². The maximum atomic E-state index is 5.73. The third-order valence-corrected chi connectivity index (χ3v) is 5.10. The van der Waals surface area contributed by atoms with Crippen LogP contribution >= 0.6 is 11.3 Å². The highest BCUT2D eigenvalue weighted by Crippen LogP contribution is 2.37. The van der Waals surface area contributed by atoms with Gasteiger partial charge in [0.15, 0.2) is 5.13 Å². The van der Waals surface area contributed by atoms with Crippen molar-refractivity contribution in [3.8, 4) is 16.9 Å². The molecule has 0 aliphatic carbocycles. The van der Waals surface area contributed by atoms with Crippen molar-refractivity contribution in [2.45, 2.75) is 19.3 Å². The minimum absolute atomic E-state index is 0.384. The lowest BCUT2D eigenvalue weighted by Gasteiger charge is -2.08. The zero-order chi connectivity index (χ0) is 16.2. The van der Waals surface area contributed by atoms with E-state index >= 15 is 0 Å². The van der Waals surface area contributed by atoms with Crippen molar-refractivity contribution in [2.75, 3.05) is 18.9 Å². The molecule has 0 aliphatic rings. The average molecular weight is 327 g/mol. The van der Waals surface area contributed by atoms with E-state index in [0.29, 0.717) is 12.5 Å². The van der Waals surface area contributed by atoms with Crippen LogP contribution in [0.15, 0.2) is 42.7 Å². The molecule has 0 saturated carbocycles. The van der Waals surface area contributed by atoms with Crippen molar-refractivity contribution < 1.29 is 0 Å². The smallest absolute Gasteiger partial charge is 0.183 e. The van der Waals surface area contributed by atoms with Crippen LogP contribution in [0.4, 0.5) is 5.13 Å². The van der Waals surface area contributed by atoms with E-state index < -0.39 is 0 Å². The SMILES string of the molecule is CNc1nc(-c2cnn(-c3ccccc3)c2)c(C(C)CCN)s1. The maximum absolute atomic E-state index is 5.73. The molecule has 1 atom stereocenters. The van der Waals surface area contributed by atoms with Gasteiger partial charge in [0.25, 0.3) is 0 Å². The molecule has 2 aromatic heterocycles. The van der Waals surface area contributed by atoms with Gasteiger partial charge in [0.2, 0.25) is 0 Å². The summed E-state index contributed by atoms with van der Waals surface area (Å²) in [5, 5.41) is 8.54. The Morgan fingerprint density at radius 2 is 2.09 bits per heavy atom. The van der Waals surface area contributed by atoms with E-state index in [1.807, 2.05) is 54.5 Å². The number of anilines is 1. The van der Waals surface area contributed by atoms with Gasteiger partial charge in [-0.25, -0.2) is 9.67 Å². The Hall–Kier alpha value is -2.18. The highest BCUT2D eigenvalue weighted by molar-refractivity contribution is 7.16. The summed E-state index contributed by atoms with van der Waals surface area (Å²) in [6.07, 6.45) is 4.85. The normalized spacial score (nSPS) is 12.3. The summed E-state index contributed by atoms with van der Waals surface area (Å²) in [7, 11) is 1.90. The lowest BCUT2D eigenvalue weighted by molar-refractivity contribution is 0.701. The third kappa shape index (κ3) is 3.28. The molecule has 3 N–H and O–H groups in total. The van der Waals surface area contributed by atoms with Gasteiger partial charge in [0, 0.05) is 23.7 Å². The summed E-state index contributed by atoms with van der Waals surface area (Å²) in [5.41, 5.74) is 8.80. The minimum atomic E-state index is 0.384. The highest BCUT2D eigenvalue weighted by atomic mass is 32.1. The Balaban J connectivity index is 1.98. The van der Waals surface area contributed by atoms with Gasteiger partial charge in [0.1, 0.15) is 0 Å². The van der Waals surface area contributed by atoms with Gasteiger partial charge in [-0.1, -0.05) is 25.1 Å². The summed E-state index contributed by atoms with van der Waals surface area (Å²) in [6, 6.07) is 10.1. The maximum Gasteiger partial charge on any atom is 0.183 e. The average Bonchev–Trinajstić information content (AvgIpc) is 3.22. The Labute approximate surface area is 140 Å². The quantitative estimate of drug-likeness (QED) is 0.727. The second kappa shape index (κ2) is 6.93. The number of nitrogens with two attached hydrogens (primary N) is 1. The third-order valence-electron chi connectivity index (χ3n) is 3.79. The van der Waals surface area contributed by atoms with Crippen LogP contribution in [0.3, 0.4) is 0 Å². The fourth-order valence-corrected chi connectivity index (χ4v) is 3.55. The van der Waals surface area contributed by atoms with Crippen LogP contribution < -0.4 is 11.1 Å².